The predicted octanol–water partition coefficient (Wildman–Crippen LogP) is -0.214. The molecule has 0 bridgehead atoms. The van der Waals surface area contributed by atoms with E-state index in [-0.39, 0.29) is 11.2 Å². The molecule has 0 radical (unpaired) electrons. The van der Waals surface area contributed by atoms with Crippen molar-refractivity contribution in [2.75, 3.05) is 19.8 Å². The van der Waals surface area contributed by atoms with Gasteiger partial charge in [-0.15, -0.1) is 11.8 Å². The van der Waals surface area contributed by atoms with Gasteiger partial charge in [-0.2, -0.15) is 0 Å². The zero-order chi connectivity index (χ0) is 13.4. The second kappa shape index (κ2) is 7.94. The van der Waals surface area contributed by atoms with Gasteiger partial charge >= 0.3 is 5.97 Å². The van der Waals surface area contributed by atoms with Crippen LogP contribution in [0.15, 0.2) is 0 Å². The minimum atomic E-state index is -1.07. The van der Waals surface area contributed by atoms with Crippen LogP contribution in [0, 0.1) is 0 Å². The minimum absolute atomic E-state index is 0.00905. The summed E-state index contributed by atoms with van der Waals surface area (Å²) in [5, 5.41) is 10.8. The Morgan fingerprint density at radius 2 is 2.06 bits per heavy atom. The molecule has 2 amide bonds. The number of amides is 2. The van der Waals surface area contributed by atoms with Crippen LogP contribution in [0.1, 0.15) is 13.3 Å². The van der Waals surface area contributed by atoms with Crippen LogP contribution >= 0.6 is 11.8 Å². The molecule has 0 aromatic heterocycles. The van der Waals surface area contributed by atoms with Gasteiger partial charge in [-0.3, -0.25) is 9.59 Å². The van der Waals surface area contributed by atoms with Crippen LogP contribution in [-0.2, 0) is 14.4 Å². The van der Waals surface area contributed by atoms with E-state index in [9.17, 15) is 14.4 Å². The van der Waals surface area contributed by atoms with Gasteiger partial charge in [0.1, 0.15) is 6.04 Å². The van der Waals surface area contributed by atoms with E-state index in [1.165, 1.54) is 16.7 Å². The van der Waals surface area contributed by atoms with Gasteiger partial charge in [-0.1, -0.05) is 0 Å². The molecule has 0 saturated carbocycles. The van der Waals surface area contributed by atoms with Gasteiger partial charge in [0.15, 0.2) is 0 Å². The molecule has 6 nitrogen and oxygen atoms in total. The predicted molar refractivity (Wildman–Crippen MR) is 65.9 cm³/mol. The maximum absolute atomic E-state index is 11.5. The summed E-state index contributed by atoms with van der Waals surface area (Å²) < 4.78 is 0. The van der Waals surface area contributed by atoms with Crippen molar-refractivity contribution in [3.63, 3.8) is 0 Å². The zero-order valence-electron chi connectivity index (χ0n) is 10.2. The topological polar surface area (TPSA) is 86.7 Å². The van der Waals surface area contributed by atoms with E-state index in [0.29, 0.717) is 18.6 Å². The average molecular weight is 262 g/mol. The first kappa shape index (κ1) is 15.8. The highest BCUT2D eigenvalue weighted by Gasteiger charge is 2.19. The standard InChI is InChI=1S/C10H18N2O4S/c1-7(9(14)12(2)3)17-5-4-8(10(15)16)11-6-13/h6-8H,4-5H2,1-3H3,(H,11,13)(H,15,16). The van der Waals surface area contributed by atoms with Crippen LogP contribution in [0.2, 0.25) is 0 Å². The van der Waals surface area contributed by atoms with E-state index in [1.807, 2.05) is 0 Å². The van der Waals surface area contributed by atoms with Crippen LogP contribution in [0.4, 0.5) is 0 Å². The number of carbonyl (C=O) groups is 3. The van der Waals surface area contributed by atoms with Gasteiger partial charge in [0.25, 0.3) is 0 Å². The number of carbonyl (C=O) groups excluding carboxylic acids is 2. The number of nitrogens with zero attached hydrogens (tertiary/aromatic N) is 1. The molecule has 0 heterocycles. The molecule has 0 aliphatic rings. The Morgan fingerprint density at radius 3 is 2.47 bits per heavy atom. The number of nitrogens with one attached hydrogen (secondary N) is 1. The van der Waals surface area contributed by atoms with Crippen LogP contribution in [-0.4, -0.2) is 59.4 Å². The molecule has 0 saturated heterocycles. The Kier molecular flexibility index (Phi) is 7.36. The van der Waals surface area contributed by atoms with Crippen LogP contribution in [0.3, 0.4) is 0 Å². The number of hydrogen-bond acceptors (Lipinski definition) is 4. The lowest BCUT2D eigenvalue weighted by Gasteiger charge is -2.17. The van der Waals surface area contributed by atoms with Crippen LogP contribution in [0.5, 0.6) is 0 Å². The maximum atomic E-state index is 11.5. The number of aliphatic carboxylic acids is 1. The lowest BCUT2D eigenvalue weighted by Crippen LogP contribution is -2.36. The Bertz CT molecular complexity index is 283. The number of rotatable bonds is 8. The second-order valence-corrected chi connectivity index (χ2v) is 5.16. The zero-order valence-corrected chi connectivity index (χ0v) is 11.0. The van der Waals surface area contributed by atoms with Gasteiger partial charge in [0, 0.05) is 14.1 Å². The third-order valence-electron chi connectivity index (χ3n) is 2.13. The summed E-state index contributed by atoms with van der Waals surface area (Å²) in [5.41, 5.74) is 0. The summed E-state index contributed by atoms with van der Waals surface area (Å²) in [6, 6.07) is -0.887. The monoisotopic (exact) mass is 262 g/mol. The molecule has 17 heavy (non-hydrogen) atoms. The fourth-order valence-electron chi connectivity index (χ4n) is 1.16. The molecule has 0 aliphatic heterocycles. The molecule has 2 unspecified atom stereocenters. The molecule has 2 N–H and O–H groups in total. The summed E-state index contributed by atoms with van der Waals surface area (Å²) in [7, 11) is 3.35. The van der Waals surface area contributed by atoms with Gasteiger partial charge in [-0.05, 0) is 19.1 Å². The fraction of sp³-hybridized carbons (Fsp3) is 0.700. The van der Waals surface area contributed by atoms with Gasteiger partial charge < -0.3 is 15.3 Å². The SMILES string of the molecule is CC(SCCC(NC=O)C(=O)O)C(=O)N(C)C. The highest BCUT2D eigenvalue weighted by molar-refractivity contribution is 8.00. The Balaban J connectivity index is 4.00. The molecular formula is C10H18N2O4S. The van der Waals surface area contributed by atoms with E-state index in [4.69, 9.17) is 5.11 Å². The fourth-order valence-corrected chi connectivity index (χ4v) is 2.24. The van der Waals surface area contributed by atoms with E-state index in [0.717, 1.165) is 0 Å². The third-order valence-corrected chi connectivity index (χ3v) is 3.30. The Hall–Kier alpha value is -1.24. The van der Waals surface area contributed by atoms with Crippen molar-refractivity contribution < 1.29 is 19.5 Å². The quantitative estimate of drug-likeness (QED) is 0.591. The Labute approximate surface area is 105 Å². The highest BCUT2D eigenvalue weighted by Crippen LogP contribution is 2.14. The smallest absolute Gasteiger partial charge is 0.326 e. The molecule has 0 spiro atoms. The van der Waals surface area contributed by atoms with Gasteiger partial charge in [0.05, 0.1) is 5.25 Å². The molecule has 7 heteroatoms. The third kappa shape index (κ3) is 6.15. The van der Waals surface area contributed by atoms with Crippen molar-refractivity contribution in [3.8, 4) is 0 Å². The maximum Gasteiger partial charge on any atom is 0.326 e. The molecule has 0 aliphatic carbocycles. The van der Waals surface area contributed by atoms with Crippen molar-refractivity contribution in [1.82, 2.24) is 10.2 Å². The molecule has 98 valence electrons. The van der Waals surface area contributed by atoms with Crippen LogP contribution in [0.25, 0.3) is 0 Å². The van der Waals surface area contributed by atoms with Gasteiger partial charge in [0.2, 0.25) is 12.3 Å². The van der Waals surface area contributed by atoms with Gasteiger partial charge in [-0.25, -0.2) is 4.79 Å². The summed E-state index contributed by atoms with van der Waals surface area (Å²) in [6.45, 7) is 1.77. The first-order chi connectivity index (χ1) is 7.90. The van der Waals surface area contributed by atoms with E-state index in [1.54, 1.807) is 21.0 Å². The normalized spacial score (nSPS) is 13.6. The lowest BCUT2D eigenvalue weighted by molar-refractivity contribution is -0.140. The van der Waals surface area contributed by atoms with Crippen molar-refractivity contribution in [2.45, 2.75) is 24.6 Å². The number of carboxylic acids is 1. The largest absolute Gasteiger partial charge is 0.480 e. The molecule has 0 rings (SSSR count). The molecule has 0 fully saturated rings. The van der Waals surface area contributed by atoms with Crippen molar-refractivity contribution >= 4 is 30.0 Å². The summed E-state index contributed by atoms with van der Waals surface area (Å²) in [4.78, 5) is 33.9. The van der Waals surface area contributed by atoms with Crippen molar-refractivity contribution in [3.05, 3.63) is 0 Å². The molecular weight excluding hydrogens is 244 g/mol. The van der Waals surface area contributed by atoms with Crippen molar-refractivity contribution in [2.24, 2.45) is 0 Å². The number of thioether (sulfide) groups is 1. The molecule has 0 aromatic rings. The summed E-state index contributed by atoms with van der Waals surface area (Å²) in [5.74, 6) is -0.576. The number of carboxylic acid groups (broad SMARTS) is 1. The first-order valence-corrected chi connectivity index (χ1v) is 6.20. The van der Waals surface area contributed by atoms with Crippen molar-refractivity contribution in [1.29, 1.82) is 0 Å². The number of hydrogen-bond donors (Lipinski definition) is 2. The minimum Gasteiger partial charge on any atom is -0.480 e. The summed E-state index contributed by atoms with van der Waals surface area (Å²) in [6.07, 6.45) is 0.668. The average Bonchev–Trinajstić information content (AvgIpc) is 2.26. The molecule has 0 aromatic carbocycles. The lowest BCUT2D eigenvalue weighted by atomic mass is 10.2. The highest BCUT2D eigenvalue weighted by atomic mass is 32.2. The van der Waals surface area contributed by atoms with E-state index >= 15 is 0 Å². The second-order valence-electron chi connectivity index (χ2n) is 3.71. The van der Waals surface area contributed by atoms with E-state index < -0.39 is 12.0 Å². The first-order valence-electron chi connectivity index (χ1n) is 5.15. The van der Waals surface area contributed by atoms with E-state index in [2.05, 4.69) is 5.32 Å². The Morgan fingerprint density at radius 1 is 1.47 bits per heavy atom. The molecule has 2 atom stereocenters. The van der Waals surface area contributed by atoms with Crippen LogP contribution < -0.4 is 5.32 Å². The summed E-state index contributed by atoms with van der Waals surface area (Å²) >= 11 is 1.37.